The summed E-state index contributed by atoms with van der Waals surface area (Å²) in [5.41, 5.74) is 0. The van der Waals surface area contributed by atoms with E-state index >= 15 is 0 Å². The Bertz CT molecular complexity index is 388. The molecule has 2 unspecified atom stereocenters. The van der Waals surface area contributed by atoms with E-state index in [1.165, 1.54) is 0 Å². The molecule has 0 fully saturated rings. The molecular formula is C8H10O11. The van der Waals surface area contributed by atoms with Crippen LogP contribution in [0.3, 0.4) is 0 Å². The summed E-state index contributed by atoms with van der Waals surface area (Å²) in [5.74, 6) is -7.97. The maximum atomic E-state index is 11.1. The summed E-state index contributed by atoms with van der Waals surface area (Å²) in [5, 5.41) is 51.8. The predicted octanol–water partition coefficient (Wildman–Crippen LogP) is -3.77. The van der Waals surface area contributed by atoms with E-state index in [4.69, 9.17) is 30.6 Å². The van der Waals surface area contributed by atoms with Crippen LogP contribution in [0.4, 0.5) is 0 Å². The topological polar surface area (TPSA) is 199 Å². The molecule has 0 radical (unpaired) electrons. The number of carboxylic acids is 3. The lowest BCUT2D eigenvalue weighted by Gasteiger charge is -2.19. The SMILES string of the molecule is O=C(O)C(O)C(O)C(=O)O[C@@H](C(=O)O)[C@@H](O)C(=O)O. The molecule has 0 rings (SSSR count). The molecule has 6 N–H and O–H groups in total. The summed E-state index contributed by atoms with van der Waals surface area (Å²) in [6.07, 6.45) is -10.4. The highest BCUT2D eigenvalue weighted by molar-refractivity contribution is 5.88. The fourth-order valence-corrected chi connectivity index (χ4v) is 0.838. The lowest BCUT2D eigenvalue weighted by molar-refractivity contribution is -0.188. The quantitative estimate of drug-likeness (QED) is 0.250. The molecule has 11 heteroatoms. The van der Waals surface area contributed by atoms with Crippen LogP contribution >= 0.6 is 0 Å². The number of hydrogen-bond acceptors (Lipinski definition) is 8. The first-order valence-corrected chi connectivity index (χ1v) is 4.52. The summed E-state index contributed by atoms with van der Waals surface area (Å²) < 4.78 is 3.93. The number of aliphatic hydroxyl groups is 3. The van der Waals surface area contributed by atoms with Gasteiger partial charge in [0.1, 0.15) is 0 Å². The predicted molar refractivity (Wildman–Crippen MR) is 50.8 cm³/mol. The van der Waals surface area contributed by atoms with Crippen molar-refractivity contribution in [2.75, 3.05) is 0 Å². The second-order valence-corrected chi connectivity index (χ2v) is 3.21. The molecule has 0 aromatic rings. The van der Waals surface area contributed by atoms with Gasteiger partial charge in [0, 0.05) is 0 Å². The molecule has 11 nitrogen and oxygen atoms in total. The summed E-state index contributed by atoms with van der Waals surface area (Å²) in [4.78, 5) is 42.2. The molecule has 0 spiro atoms. The van der Waals surface area contributed by atoms with Crippen LogP contribution in [0.25, 0.3) is 0 Å². The third-order valence-electron chi connectivity index (χ3n) is 1.82. The van der Waals surface area contributed by atoms with Crippen LogP contribution < -0.4 is 0 Å². The minimum Gasteiger partial charge on any atom is -0.479 e. The highest BCUT2D eigenvalue weighted by atomic mass is 16.6. The third kappa shape index (κ3) is 4.50. The molecule has 0 aromatic heterocycles. The maximum Gasteiger partial charge on any atom is 0.348 e. The highest BCUT2D eigenvalue weighted by Crippen LogP contribution is 2.06. The van der Waals surface area contributed by atoms with Gasteiger partial charge in [-0.1, -0.05) is 0 Å². The maximum absolute atomic E-state index is 11.1. The van der Waals surface area contributed by atoms with Crippen molar-refractivity contribution in [3.63, 3.8) is 0 Å². The van der Waals surface area contributed by atoms with Crippen LogP contribution in [0, 0.1) is 0 Å². The Balaban J connectivity index is 4.87. The van der Waals surface area contributed by atoms with E-state index in [0.717, 1.165) is 0 Å². The second-order valence-electron chi connectivity index (χ2n) is 3.21. The van der Waals surface area contributed by atoms with Gasteiger partial charge < -0.3 is 35.4 Å². The molecule has 0 amide bonds. The van der Waals surface area contributed by atoms with E-state index in [-0.39, 0.29) is 0 Å². The van der Waals surface area contributed by atoms with Gasteiger partial charge in [0.2, 0.25) is 6.10 Å². The largest absolute Gasteiger partial charge is 0.479 e. The average molecular weight is 282 g/mol. The lowest BCUT2D eigenvalue weighted by Crippen LogP contribution is -2.47. The number of aliphatic hydroxyl groups excluding tert-OH is 3. The normalized spacial score (nSPS) is 16.8. The lowest BCUT2D eigenvalue weighted by atomic mass is 10.2. The van der Waals surface area contributed by atoms with E-state index in [1.807, 2.05) is 0 Å². The van der Waals surface area contributed by atoms with Gasteiger partial charge in [0.25, 0.3) is 0 Å². The van der Waals surface area contributed by atoms with Crippen molar-refractivity contribution in [3.8, 4) is 0 Å². The van der Waals surface area contributed by atoms with E-state index in [0.29, 0.717) is 0 Å². The Kier molecular flexibility index (Phi) is 5.85. The van der Waals surface area contributed by atoms with Crippen LogP contribution in [0.2, 0.25) is 0 Å². The number of hydrogen-bond donors (Lipinski definition) is 6. The molecule has 19 heavy (non-hydrogen) atoms. The van der Waals surface area contributed by atoms with Crippen molar-refractivity contribution in [2.45, 2.75) is 24.4 Å². The molecular weight excluding hydrogens is 272 g/mol. The number of carboxylic acid groups (broad SMARTS) is 3. The van der Waals surface area contributed by atoms with E-state index in [2.05, 4.69) is 4.74 Å². The number of carbonyl (C=O) groups excluding carboxylic acids is 1. The van der Waals surface area contributed by atoms with Gasteiger partial charge in [0.05, 0.1) is 0 Å². The summed E-state index contributed by atoms with van der Waals surface area (Å²) in [6, 6.07) is 0. The molecule has 4 atom stereocenters. The van der Waals surface area contributed by atoms with E-state index in [1.54, 1.807) is 0 Å². The first-order chi connectivity index (χ1) is 8.59. The smallest absolute Gasteiger partial charge is 0.348 e. The molecule has 0 saturated heterocycles. The van der Waals surface area contributed by atoms with Gasteiger partial charge >= 0.3 is 23.9 Å². The molecule has 0 aliphatic heterocycles. The molecule has 0 heterocycles. The first kappa shape index (κ1) is 16.8. The number of rotatable bonds is 7. The highest BCUT2D eigenvalue weighted by Gasteiger charge is 2.39. The molecule has 0 aliphatic carbocycles. The van der Waals surface area contributed by atoms with E-state index in [9.17, 15) is 19.2 Å². The second kappa shape index (κ2) is 6.63. The van der Waals surface area contributed by atoms with Crippen LogP contribution in [0.1, 0.15) is 0 Å². The van der Waals surface area contributed by atoms with Crippen molar-refractivity contribution in [3.05, 3.63) is 0 Å². The summed E-state index contributed by atoms with van der Waals surface area (Å²) in [6.45, 7) is 0. The molecule has 0 aliphatic rings. The third-order valence-corrected chi connectivity index (χ3v) is 1.82. The van der Waals surface area contributed by atoms with Crippen LogP contribution in [0.15, 0.2) is 0 Å². The Morgan fingerprint density at radius 3 is 1.42 bits per heavy atom. The van der Waals surface area contributed by atoms with Crippen molar-refractivity contribution in [1.82, 2.24) is 0 Å². The van der Waals surface area contributed by atoms with Crippen molar-refractivity contribution < 1.29 is 54.6 Å². The molecule has 108 valence electrons. The van der Waals surface area contributed by atoms with Gasteiger partial charge in [-0.05, 0) is 0 Å². The Morgan fingerprint density at radius 2 is 1.11 bits per heavy atom. The fraction of sp³-hybridized carbons (Fsp3) is 0.500. The summed E-state index contributed by atoms with van der Waals surface area (Å²) >= 11 is 0. The zero-order valence-electron chi connectivity index (χ0n) is 9.03. The fourth-order valence-electron chi connectivity index (χ4n) is 0.838. The minimum atomic E-state index is -2.64. The minimum absolute atomic E-state index is 1.91. The number of esters is 1. The monoisotopic (exact) mass is 282 g/mol. The molecule has 0 saturated carbocycles. The van der Waals surface area contributed by atoms with Gasteiger partial charge in [0.15, 0.2) is 18.3 Å². The van der Waals surface area contributed by atoms with Gasteiger partial charge in [-0.25, -0.2) is 19.2 Å². The van der Waals surface area contributed by atoms with Crippen molar-refractivity contribution >= 4 is 23.9 Å². The van der Waals surface area contributed by atoms with E-state index < -0.39 is 48.3 Å². The first-order valence-electron chi connectivity index (χ1n) is 4.52. The van der Waals surface area contributed by atoms with Gasteiger partial charge in [-0.3, -0.25) is 0 Å². The number of ether oxygens (including phenoxy) is 1. The zero-order valence-corrected chi connectivity index (χ0v) is 9.03. The standard InChI is InChI=1S/C8H10O11/c9-1(5(12)13)2(10)8(18)19-4(7(16)17)3(11)6(14)15/h1-4,9-11H,(H,12,13)(H,14,15)(H,16,17)/t1?,2?,3-,4-/m1/s1. The summed E-state index contributed by atoms with van der Waals surface area (Å²) in [7, 11) is 0. The number of carbonyl (C=O) groups is 4. The van der Waals surface area contributed by atoms with Gasteiger partial charge in [-0.2, -0.15) is 0 Å². The Labute approximate surface area is 104 Å². The number of aliphatic carboxylic acids is 3. The van der Waals surface area contributed by atoms with Crippen molar-refractivity contribution in [1.29, 1.82) is 0 Å². The Hall–Kier alpha value is -2.24. The van der Waals surface area contributed by atoms with Crippen LogP contribution in [0.5, 0.6) is 0 Å². The van der Waals surface area contributed by atoms with Crippen LogP contribution in [-0.4, -0.2) is 78.9 Å². The Morgan fingerprint density at radius 1 is 0.684 bits per heavy atom. The van der Waals surface area contributed by atoms with Crippen LogP contribution in [-0.2, 0) is 23.9 Å². The average Bonchev–Trinajstić information content (AvgIpc) is 2.31. The van der Waals surface area contributed by atoms with Crippen molar-refractivity contribution in [2.24, 2.45) is 0 Å². The molecule has 0 bridgehead atoms. The molecule has 0 aromatic carbocycles. The van der Waals surface area contributed by atoms with Gasteiger partial charge in [-0.15, -0.1) is 0 Å². The zero-order chi connectivity index (χ0) is 15.3.